The standard InChI is InChI=1S/C20H16ClFN6O2S/c1-31-20-16(19-25-18(27-30-19)11-5-3-2-4-6-11)17(23)28(26-20)10-15(29)24-12-7-8-14(22)13(21)9-12/h2-9H,10,23H2,1H3,(H,24,29). The van der Waals surface area contributed by atoms with Gasteiger partial charge in [-0.3, -0.25) is 4.79 Å². The third-order valence-electron chi connectivity index (χ3n) is 4.32. The second-order valence-electron chi connectivity index (χ2n) is 6.39. The molecule has 8 nitrogen and oxygen atoms in total. The van der Waals surface area contributed by atoms with E-state index in [4.69, 9.17) is 21.9 Å². The molecule has 0 saturated heterocycles. The molecule has 0 atom stereocenters. The number of nitrogen functional groups attached to an aromatic ring is 1. The fourth-order valence-corrected chi connectivity index (χ4v) is 3.61. The number of hydrogen-bond donors (Lipinski definition) is 2. The van der Waals surface area contributed by atoms with Gasteiger partial charge in [0.2, 0.25) is 11.7 Å². The van der Waals surface area contributed by atoms with Crippen molar-refractivity contribution in [1.82, 2.24) is 19.9 Å². The van der Waals surface area contributed by atoms with Gasteiger partial charge in [0.1, 0.15) is 28.8 Å². The maximum Gasteiger partial charge on any atom is 0.264 e. The lowest BCUT2D eigenvalue weighted by Gasteiger charge is -2.07. The van der Waals surface area contributed by atoms with E-state index in [0.717, 1.165) is 5.56 Å². The molecule has 0 unspecified atom stereocenters. The molecule has 2 aromatic heterocycles. The second-order valence-corrected chi connectivity index (χ2v) is 7.60. The van der Waals surface area contributed by atoms with Gasteiger partial charge < -0.3 is 15.6 Å². The van der Waals surface area contributed by atoms with Gasteiger partial charge in [-0.1, -0.05) is 47.1 Å². The van der Waals surface area contributed by atoms with Crippen molar-refractivity contribution in [2.45, 2.75) is 11.6 Å². The summed E-state index contributed by atoms with van der Waals surface area (Å²) in [6, 6.07) is 13.3. The predicted octanol–water partition coefficient (Wildman–Crippen LogP) is 4.34. The van der Waals surface area contributed by atoms with E-state index >= 15 is 0 Å². The van der Waals surface area contributed by atoms with Crippen molar-refractivity contribution in [3.63, 3.8) is 0 Å². The average molecular weight is 459 g/mol. The fraction of sp³-hybridized carbons (Fsp3) is 0.100. The van der Waals surface area contributed by atoms with Gasteiger partial charge in [-0.15, -0.1) is 11.8 Å². The second kappa shape index (κ2) is 8.78. The van der Waals surface area contributed by atoms with Crippen LogP contribution in [-0.2, 0) is 11.3 Å². The number of rotatable bonds is 6. The van der Waals surface area contributed by atoms with E-state index in [9.17, 15) is 9.18 Å². The Morgan fingerprint density at radius 1 is 1.29 bits per heavy atom. The summed E-state index contributed by atoms with van der Waals surface area (Å²) in [5.74, 6) is -0.149. The number of carbonyl (C=O) groups excluding carboxylic acids is 1. The first-order valence-electron chi connectivity index (χ1n) is 9.01. The molecule has 0 saturated carbocycles. The minimum atomic E-state index is -0.570. The third-order valence-corrected chi connectivity index (χ3v) is 5.28. The number of thioether (sulfide) groups is 1. The van der Waals surface area contributed by atoms with Gasteiger partial charge in [0.25, 0.3) is 5.89 Å². The van der Waals surface area contributed by atoms with Crippen LogP contribution in [-0.4, -0.2) is 32.1 Å². The van der Waals surface area contributed by atoms with E-state index in [1.54, 1.807) is 0 Å². The number of carbonyl (C=O) groups is 1. The molecule has 0 fully saturated rings. The number of nitrogens with zero attached hydrogens (tertiary/aromatic N) is 4. The van der Waals surface area contributed by atoms with Gasteiger partial charge in [-0.2, -0.15) is 10.1 Å². The Morgan fingerprint density at radius 2 is 2.06 bits per heavy atom. The van der Waals surface area contributed by atoms with Crippen LogP contribution in [0, 0.1) is 5.82 Å². The van der Waals surface area contributed by atoms with Gasteiger partial charge >= 0.3 is 0 Å². The summed E-state index contributed by atoms with van der Waals surface area (Å²) in [7, 11) is 0. The summed E-state index contributed by atoms with van der Waals surface area (Å²) < 4.78 is 20.0. The molecule has 2 heterocycles. The Morgan fingerprint density at radius 3 is 2.77 bits per heavy atom. The molecular weight excluding hydrogens is 443 g/mol. The highest BCUT2D eigenvalue weighted by Crippen LogP contribution is 2.34. The van der Waals surface area contributed by atoms with Crippen LogP contribution in [0.3, 0.4) is 0 Å². The highest BCUT2D eigenvalue weighted by atomic mass is 35.5. The van der Waals surface area contributed by atoms with Gasteiger partial charge in [-0.25, -0.2) is 9.07 Å². The first-order valence-corrected chi connectivity index (χ1v) is 10.6. The van der Waals surface area contributed by atoms with E-state index in [2.05, 4.69) is 20.6 Å². The molecule has 2 aromatic carbocycles. The van der Waals surface area contributed by atoms with Crippen LogP contribution >= 0.6 is 23.4 Å². The SMILES string of the molecule is CSc1nn(CC(=O)Nc2ccc(F)c(Cl)c2)c(N)c1-c1nc(-c2ccccc2)no1. The topological polar surface area (TPSA) is 112 Å². The molecule has 158 valence electrons. The number of nitrogens with one attached hydrogen (secondary N) is 1. The largest absolute Gasteiger partial charge is 0.383 e. The minimum absolute atomic E-state index is 0.0889. The molecule has 31 heavy (non-hydrogen) atoms. The van der Waals surface area contributed by atoms with E-state index in [1.807, 2.05) is 36.6 Å². The molecule has 0 bridgehead atoms. The maximum absolute atomic E-state index is 13.3. The predicted molar refractivity (Wildman–Crippen MR) is 117 cm³/mol. The maximum atomic E-state index is 13.3. The highest BCUT2D eigenvalue weighted by Gasteiger charge is 2.23. The van der Waals surface area contributed by atoms with E-state index in [0.29, 0.717) is 22.1 Å². The Bertz CT molecular complexity index is 1240. The molecule has 4 rings (SSSR count). The quantitative estimate of drug-likeness (QED) is 0.413. The first kappa shape index (κ1) is 20.9. The van der Waals surface area contributed by atoms with Gasteiger partial charge in [0, 0.05) is 11.3 Å². The zero-order chi connectivity index (χ0) is 22.0. The number of hydrogen-bond acceptors (Lipinski definition) is 7. The normalized spacial score (nSPS) is 10.9. The summed E-state index contributed by atoms with van der Waals surface area (Å²) in [6.45, 7) is -0.173. The van der Waals surface area contributed by atoms with Gasteiger partial charge in [-0.05, 0) is 24.5 Å². The van der Waals surface area contributed by atoms with Crippen LogP contribution in [0.2, 0.25) is 5.02 Å². The smallest absolute Gasteiger partial charge is 0.264 e. The molecule has 0 aliphatic rings. The number of halogens is 2. The van der Waals surface area contributed by atoms with Crippen molar-refractivity contribution in [2.75, 3.05) is 17.3 Å². The molecule has 1 amide bonds. The Kier molecular flexibility index (Phi) is 5.92. The molecule has 3 N–H and O–H groups in total. The van der Waals surface area contributed by atoms with Crippen molar-refractivity contribution in [3.8, 4) is 22.8 Å². The molecule has 0 radical (unpaired) electrons. The number of anilines is 2. The third kappa shape index (κ3) is 4.39. The van der Waals surface area contributed by atoms with Crippen LogP contribution in [0.15, 0.2) is 58.1 Å². The lowest BCUT2D eigenvalue weighted by atomic mass is 10.2. The monoisotopic (exact) mass is 458 g/mol. The highest BCUT2D eigenvalue weighted by molar-refractivity contribution is 7.98. The van der Waals surface area contributed by atoms with E-state index in [-0.39, 0.29) is 23.3 Å². The van der Waals surface area contributed by atoms with E-state index in [1.165, 1.54) is 34.6 Å². The Hall–Kier alpha value is -3.37. The Balaban J connectivity index is 1.58. The molecular formula is C20H16ClFN6O2S. The lowest BCUT2D eigenvalue weighted by molar-refractivity contribution is -0.116. The van der Waals surface area contributed by atoms with Crippen LogP contribution in [0.1, 0.15) is 0 Å². The summed E-state index contributed by atoms with van der Waals surface area (Å²) in [5.41, 5.74) is 7.87. The van der Waals surface area contributed by atoms with Crippen LogP contribution in [0.5, 0.6) is 0 Å². The summed E-state index contributed by atoms with van der Waals surface area (Å²) >= 11 is 7.08. The van der Waals surface area contributed by atoms with Crippen molar-refractivity contribution in [3.05, 3.63) is 59.4 Å². The fourth-order valence-electron chi connectivity index (χ4n) is 2.86. The lowest BCUT2D eigenvalue weighted by Crippen LogP contribution is -2.20. The molecule has 0 spiro atoms. The van der Waals surface area contributed by atoms with Crippen molar-refractivity contribution < 1.29 is 13.7 Å². The number of aromatic nitrogens is 4. The van der Waals surface area contributed by atoms with Crippen molar-refractivity contribution >= 4 is 40.8 Å². The number of amides is 1. The zero-order valence-electron chi connectivity index (χ0n) is 16.2. The molecule has 4 aromatic rings. The van der Waals surface area contributed by atoms with Crippen molar-refractivity contribution in [1.29, 1.82) is 0 Å². The minimum Gasteiger partial charge on any atom is -0.383 e. The number of nitrogens with two attached hydrogens (primary N) is 1. The van der Waals surface area contributed by atoms with Gasteiger partial charge in [0.05, 0.1) is 5.02 Å². The van der Waals surface area contributed by atoms with E-state index < -0.39 is 11.7 Å². The first-order chi connectivity index (χ1) is 15.0. The van der Waals surface area contributed by atoms with Crippen LogP contribution in [0.25, 0.3) is 22.8 Å². The van der Waals surface area contributed by atoms with Gasteiger partial charge in [0.15, 0.2) is 0 Å². The molecule has 0 aliphatic heterocycles. The zero-order valence-corrected chi connectivity index (χ0v) is 17.7. The van der Waals surface area contributed by atoms with Crippen LogP contribution in [0.4, 0.5) is 15.9 Å². The van der Waals surface area contributed by atoms with Crippen LogP contribution < -0.4 is 11.1 Å². The number of benzene rings is 2. The average Bonchev–Trinajstić information content (AvgIpc) is 3.36. The Labute approximate surface area is 185 Å². The molecule has 11 heteroatoms. The summed E-state index contributed by atoms with van der Waals surface area (Å²) in [5, 5.41) is 11.5. The van der Waals surface area contributed by atoms with Crippen molar-refractivity contribution in [2.24, 2.45) is 0 Å². The summed E-state index contributed by atoms with van der Waals surface area (Å²) in [6.07, 6.45) is 1.82. The summed E-state index contributed by atoms with van der Waals surface area (Å²) in [4.78, 5) is 16.9. The molecule has 0 aliphatic carbocycles.